The Morgan fingerprint density at radius 3 is 2.26 bits per heavy atom. The van der Waals surface area contributed by atoms with Crippen molar-refractivity contribution in [2.75, 3.05) is 13.6 Å². The molecule has 0 aromatic rings. The van der Waals surface area contributed by atoms with Gasteiger partial charge in [-0.05, 0) is 50.9 Å². The highest BCUT2D eigenvalue weighted by molar-refractivity contribution is 6.22. The average Bonchev–Trinajstić information content (AvgIpc) is 2.99. The van der Waals surface area contributed by atoms with Crippen molar-refractivity contribution in [3.63, 3.8) is 0 Å². The number of rotatable bonds is 18. The molecule has 1 saturated carbocycles. The van der Waals surface area contributed by atoms with Gasteiger partial charge in [0.15, 0.2) is 5.96 Å². The maximum absolute atomic E-state index is 13.5. The molecule has 12 heteroatoms. The van der Waals surface area contributed by atoms with Crippen molar-refractivity contribution >= 4 is 37.4 Å². The van der Waals surface area contributed by atoms with E-state index in [0.29, 0.717) is 37.2 Å². The highest BCUT2D eigenvalue weighted by atomic mass is 16.2. The molecular weight excluding hydrogens is 545 g/mol. The zero-order valence-electron chi connectivity index (χ0n) is 25.7. The number of allylic oxidation sites excluding steroid dienone is 4. The van der Waals surface area contributed by atoms with Gasteiger partial charge in [0.25, 0.3) is 0 Å². The number of carbonyl (C=O) groups is 4. The number of hydrogen-bond donors (Lipinski definition) is 6. The molecule has 2 radical (unpaired) electrons. The van der Waals surface area contributed by atoms with Crippen LogP contribution in [0.1, 0.15) is 89.9 Å². The predicted octanol–water partition coefficient (Wildman–Crippen LogP) is 1.73. The number of amides is 4. The van der Waals surface area contributed by atoms with Crippen LogP contribution in [0.4, 0.5) is 0 Å². The van der Waals surface area contributed by atoms with E-state index in [1.165, 1.54) is 6.42 Å². The smallest absolute Gasteiger partial charge is 0.243 e. The summed E-state index contributed by atoms with van der Waals surface area (Å²) in [4.78, 5) is 55.2. The molecular formula is C31H50BN7O4. The zero-order valence-corrected chi connectivity index (χ0v) is 25.7. The van der Waals surface area contributed by atoms with Crippen LogP contribution in [0, 0.1) is 5.92 Å². The van der Waals surface area contributed by atoms with E-state index in [9.17, 15) is 19.2 Å². The van der Waals surface area contributed by atoms with Crippen LogP contribution in [0.15, 0.2) is 40.8 Å². The summed E-state index contributed by atoms with van der Waals surface area (Å²) in [6, 6.07) is -2.42. The van der Waals surface area contributed by atoms with E-state index in [-0.39, 0.29) is 37.6 Å². The third kappa shape index (κ3) is 14.4. The molecule has 0 aliphatic heterocycles. The number of carbonyl (C=O) groups excluding carboxylic acids is 4. The Kier molecular flexibility index (Phi) is 16.2. The minimum Gasteiger partial charge on any atom is -0.370 e. The zero-order chi connectivity index (χ0) is 31.6. The van der Waals surface area contributed by atoms with Crippen LogP contribution in [0.2, 0.25) is 0 Å². The van der Waals surface area contributed by atoms with Crippen molar-refractivity contribution in [1.82, 2.24) is 21.3 Å². The number of nitrogens with zero attached hydrogens (tertiary/aromatic N) is 1. The molecule has 3 atom stereocenters. The molecule has 8 N–H and O–H groups in total. The van der Waals surface area contributed by atoms with Crippen LogP contribution in [-0.4, -0.2) is 69.2 Å². The predicted molar refractivity (Wildman–Crippen MR) is 171 cm³/mol. The van der Waals surface area contributed by atoms with Gasteiger partial charge < -0.3 is 32.7 Å². The Labute approximate surface area is 257 Å². The molecule has 2 aliphatic carbocycles. The fourth-order valence-corrected chi connectivity index (χ4v) is 5.41. The van der Waals surface area contributed by atoms with Crippen molar-refractivity contribution in [1.29, 1.82) is 0 Å². The first kappa shape index (κ1) is 35.6. The van der Waals surface area contributed by atoms with Gasteiger partial charge in [-0.25, -0.2) is 0 Å². The van der Waals surface area contributed by atoms with Gasteiger partial charge in [-0.15, -0.1) is 12.1 Å². The molecule has 0 aromatic heterocycles. The number of nitrogens with one attached hydrogen (secondary N) is 4. The Morgan fingerprint density at radius 2 is 1.65 bits per heavy atom. The van der Waals surface area contributed by atoms with Crippen molar-refractivity contribution in [3.8, 4) is 0 Å². The van der Waals surface area contributed by atoms with E-state index in [2.05, 4.69) is 45.0 Å². The second-order valence-electron chi connectivity index (χ2n) is 11.5. The molecule has 0 aromatic carbocycles. The minimum atomic E-state index is -1.05. The lowest BCUT2D eigenvalue weighted by Crippen LogP contribution is -2.55. The summed E-state index contributed by atoms with van der Waals surface area (Å²) in [5.74, 6) is -1.16. The third-order valence-electron chi connectivity index (χ3n) is 7.95. The average molecular weight is 596 g/mol. The van der Waals surface area contributed by atoms with E-state index in [1.807, 2.05) is 6.08 Å². The van der Waals surface area contributed by atoms with E-state index in [1.54, 1.807) is 7.05 Å². The SMILES string of the molecule is [B]C(=C)[C@H](CC1CCCCC1)NC(=O)C(CCC(N)=O)NC(=O)[C@H](CCCNC(N)=NC)NC(=O)CCC1=CCCC=C1. The van der Waals surface area contributed by atoms with E-state index in [4.69, 9.17) is 19.3 Å². The summed E-state index contributed by atoms with van der Waals surface area (Å²) < 4.78 is 0. The minimum absolute atomic E-state index is 0.00626. The Hall–Kier alpha value is -3.57. The van der Waals surface area contributed by atoms with Crippen LogP contribution in [-0.2, 0) is 19.2 Å². The molecule has 236 valence electrons. The van der Waals surface area contributed by atoms with Gasteiger partial charge in [-0.2, -0.15) is 0 Å². The lowest BCUT2D eigenvalue weighted by molar-refractivity contribution is -0.132. The quantitative estimate of drug-likeness (QED) is 0.0608. The van der Waals surface area contributed by atoms with Crippen molar-refractivity contribution in [2.45, 2.75) is 108 Å². The Morgan fingerprint density at radius 1 is 0.977 bits per heavy atom. The highest BCUT2D eigenvalue weighted by Gasteiger charge is 2.29. The van der Waals surface area contributed by atoms with Gasteiger partial charge >= 0.3 is 0 Å². The molecule has 0 saturated heterocycles. The van der Waals surface area contributed by atoms with Crippen molar-refractivity contribution in [2.24, 2.45) is 22.4 Å². The molecule has 1 fully saturated rings. The highest BCUT2D eigenvalue weighted by Crippen LogP contribution is 2.28. The topological polar surface area (TPSA) is 181 Å². The van der Waals surface area contributed by atoms with E-state index >= 15 is 0 Å². The second kappa shape index (κ2) is 19.6. The molecule has 0 spiro atoms. The Bertz CT molecular complexity index is 1050. The molecule has 4 amide bonds. The fourth-order valence-electron chi connectivity index (χ4n) is 5.41. The summed E-state index contributed by atoms with van der Waals surface area (Å²) in [7, 11) is 7.62. The molecule has 2 aliphatic rings. The van der Waals surface area contributed by atoms with Gasteiger partial charge in [0.05, 0.1) is 0 Å². The van der Waals surface area contributed by atoms with Gasteiger partial charge in [0.1, 0.15) is 19.9 Å². The number of guanidine groups is 1. The van der Waals surface area contributed by atoms with Crippen LogP contribution in [0.5, 0.6) is 0 Å². The maximum atomic E-state index is 13.5. The van der Waals surface area contributed by atoms with Gasteiger partial charge in [-0.1, -0.05) is 55.9 Å². The van der Waals surface area contributed by atoms with Gasteiger partial charge in [0, 0.05) is 32.5 Å². The summed E-state index contributed by atoms with van der Waals surface area (Å²) in [6.45, 7) is 4.30. The third-order valence-corrected chi connectivity index (χ3v) is 7.95. The molecule has 0 heterocycles. The standard InChI is InChI=1S/C31H50BN7O4/c1-21(32)26(20-23-12-7-4-8-13-23)39-30(43)25(16-17-27(33)40)38-29(42)24(14-9-19-36-31(34)35-2)37-28(41)18-15-22-10-5-3-6-11-22/h5,10-11,23-26H,1,3-4,6-9,12-20H2,2H3,(H2,33,40)(H,37,41)(H,38,42)(H,39,43)(H3,34,35,36)/t24-,25?,26-/m0/s1. The van der Waals surface area contributed by atoms with E-state index in [0.717, 1.165) is 44.1 Å². The number of primary amides is 1. The summed E-state index contributed by atoms with van der Waals surface area (Å²) >= 11 is 0. The normalized spacial score (nSPS) is 17.6. The number of hydrogen-bond acceptors (Lipinski definition) is 5. The Balaban J connectivity index is 2.10. The first-order chi connectivity index (χ1) is 20.6. The molecule has 2 rings (SSSR count). The molecule has 1 unspecified atom stereocenters. The van der Waals surface area contributed by atoms with E-state index < -0.39 is 35.8 Å². The molecule has 11 nitrogen and oxygen atoms in total. The largest absolute Gasteiger partial charge is 0.370 e. The number of nitrogens with two attached hydrogens (primary N) is 2. The fraction of sp³-hybridized carbons (Fsp3) is 0.645. The monoisotopic (exact) mass is 595 g/mol. The van der Waals surface area contributed by atoms with Gasteiger partial charge in [0.2, 0.25) is 23.6 Å². The van der Waals surface area contributed by atoms with Crippen molar-refractivity contribution < 1.29 is 19.2 Å². The maximum Gasteiger partial charge on any atom is 0.243 e. The number of aliphatic imine (C=N–C) groups is 1. The first-order valence-electron chi connectivity index (χ1n) is 15.5. The van der Waals surface area contributed by atoms with Crippen LogP contribution < -0.4 is 32.7 Å². The lowest BCUT2D eigenvalue weighted by Gasteiger charge is -2.30. The van der Waals surface area contributed by atoms with Crippen LogP contribution in [0.3, 0.4) is 0 Å². The molecule has 0 bridgehead atoms. The lowest BCUT2D eigenvalue weighted by atomic mass is 9.79. The second-order valence-corrected chi connectivity index (χ2v) is 11.5. The van der Waals surface area contributed by atoms with Gasteiger partial charge in [-0.3, -0.25) is 24.2 Å². The summed E-state index contributed by atoms with van der Waals surface area (Å²) in [5, 5.41) is 11.5. The summed E-state index contributed by atoms with van der Waals surface area (Å²) in [5.41, 5.74) is 12.5. The van der Waals surface area contributed by atoms with Crippen molar-refractivity contribution in [3.05, 3.63) is 35.9 Å². The summed E-state index contributed by atoms with van der Waals surface area (Å²) in [6.07, 6.45) is 15.9. The van der Waals surface area contributed by atoms with Crippen LogP contribution >= 0.6 is 0 Å². The van der Waals surface area contributed by atoms with Crippen LogP contribution in [0.25, 0.3) is 0 Å². The first-order valence-corrected chi connectivity index (χ1v) is 15.5. The molecule has 43 heavy (non-hydrogen) atoms.